The van der Waals surface area contributed by atoms with Crippen molar-refractivity contribution in [1.29, 1.82) is 0 Å². The molecule has 1 fully saturated rings. The lowest BCUT2D eigenvalue weighted by atomic mass is 10.1. The Morgan fingerprint density at radius 2 is 1.35 bits per heavy atom. The minimum atomic E-state index is -3.65. The molecule has 1 aliphatic heterocycles. The molecule has 0 aliphatic carbocycles. The van der Waals surface area contributed by atoms with E-state index in [0.29, 0.717) is 9.10 Å². The van der Waals surface area contributed by atoms with Crippen molar-refractivity contribution in [2.24, 2.45) is 0 Å². The predicted octanol–water partition coefficient (Wildman–Crippen LogP) is 2.37. The van der Waals surface area contributed by atoms with E-state index in [0.717, 1.165) is 16.7 Å². The zero-order chi connectivity index (χ0) is 19.1. The fourth-order valence-electron chi connectivity index (χ4n) is 3.39. The van der Waals surface area contributed by atoms with Gasteiger partial charge in [-0.2, -0.15) is 8.61 Å². The van der Waals surface area contributed by atoms with Gasteiger partial charge in [-0.05, 0) is 43.3 Å². The van der Waals surface area contributed by atoms with Crippen LogP contribution >= 0.6 is 11.3 Å². The number of thiophene rings is 1. The van der Waals surface area contributed by atoms with E-state index >= 15 is 0 Å². The van der Waals surface area contributed by atoms with Gasteiger partial charge in [0.25, 0.3) is 10.0 Å². The van der Waals surface area contributed by atoms with Gasteiger partial charge in [-0.3, -0.25) is 0 Å². The zero-order valence-electron chi connectivity index (χ0n) is 15.0. The van der Waals surface area contributed by atoms with E-state index in [9.17, 15) is 16.8 Å². The molecule has 0 N–H and O–H groups in total. The summed E-state index contributed by atoms with van der Waals surface area (Å²) in [5, 5.41) is 1.72. The highest BCUT2D eigenvalue weighted by molar-refractivity contribution is 7.91. The van der Waals surface area contributed by atoms with E-state index in [2.05, 4.69) is 0 Å². The van der Waals surface area contributed by atoms with Crippen molar-refractivity contribution in [3.63, 3.8) is 0 Å². The largest absolute Gasteiger partial charge is 0.252 e. The molecule has 1 aromatic carbocycles. The van der Waals surface area contributed by atoms with Gasteiger partial charge in [0.2, 0.25) is 10.0 Å². The molecule has 0 bridgehead atoms. The Balaban J connectivity index is 1.82. The first-order chi connectivity index (χ1) is 12.1. The highest BCUT2D eigenvalue weighted by Gasteiger charge is 2.35. The number of hydrogen-bond acceptors (Lipinski definition) is 5. The summed E-state index contributed by atoms with van der Waals surface area (Å²) >= 11 is 1.17. The van der Waals surface area contributed by atoms with Crippen LogP contribution in [0.3, 0.4) is 0 Å². The fourth-order valence-corrected chi connectivity index (χ4v) is 7.79. The molecule has 6 nitrogen and oxygen atoms in total. The van der Waals surface area contributed by atoms with E-state index in [4.69, 9.17) is 0 Å². The van der Waals surface area contributed by atoms with Crippen LogP contribution in [0.4, 0.5) is 0 Å². The third-order valence-electron chi connectivity index (χ3n) is 4.49. The number of sulfonamides is 2. The topological polar surface area (TPSA) is 74.8 Å². The van der Waals surface area contributed by atoms with E-state index in [1.807, 2.05) is 19.1 Å². The summed E-state index contributed by atoms with van der Waals surface area (Å²) in [4.78, 5) is 0.331. The van der Waals surface area contributed by atoms with Crippen LogP contribution in [0.15, 0.2) is 38.8 Å². The van der Waals surface area contributed by atoms with Crippen LogP contribution in [0.1, 0.15) is 16.7 Å². The lowest BCUT2D eigenvalue weighted by Gasteiger charge is -2.33. The molecule has 26 heavy (non-hydrogen) atoms. The molecule has 1 aromatic heterocycles. The molecule has 9 heteroatoms. The van der Waals surface area contributed by atoms with Gasteiger partial charge in [-0.25, -0.2) is 16.8 Å². The van der Waals surface area contributed by atoms with Crippen LogP contribution in [0.25, 0.3) is 0 Å². The lowest BCUT2D eigenvalue weighted by molar-refractivity contribution is 0.273. The summed E-state index contributed by atoms with van der Waals surface area (Å²) in [6.07, 6.45) is 0. The first kappa shape index (κ1) is 19.5. The van der Waals surface area contributed by atoms with Crippen molar-refractivity contribution < 1.29 is 16.8 Å². The number of nitrogens with zero attached hydrogens (tertiary/aromatic N) is 2. The average Bonchev–Trinajstić information content (AvgIpc) is 3.09. The Bertz CT molecular complexity index is 981. The summed E-state index contributed by atoms with van der Waals surface area (Å²) in [7, 11) is -7.19. The van der Waals surface area contributed by atoms with Crippen molar-refractivity contribution in [2.45, 2.75) is 29.9 Å². The Morgan fingerprint density at radius 1 is 0.846 bits per heavy atom. The quantitative estimate of drug-likeness (QED) is 0.770. The maximum Gasteiger partial charge on any atom is 0.252 e. The molecule has 1 aliphatic rings. The SMILES string of the molecule is Cc1cc(C)c(S(=O)(=O)N2CCN(S(=O)(=O)c3cccs3)CC2)c(C)c1. The van der Waals surface area contributed by atoms with Crippen LogP contribution in [-0.4, -0.2) is 51.6 Å². The Hall–Kier alpha value is -1.26. The van der Waals surface area contributed by atoms with Gasteiger partial charge in [0.1, 0.15) is 4.21 Å². The summed E-state index contributed by atoms with van der Waals surface area (Å²) in [6, 6.07) is 6.98. The molecular weight excluding hydrogens is 392 g/mol. The van der Waals surface area contributed by atoms with E-state index in [1.54, 1.807) is 31.4 Å². The van der Waals surface area contributed by atoms with E-state index in [1.165, 1.54) is 19.9 Å². The number of piperazine rings is 1. The predicted molar refractivity (Wildman–Crippen MR) is 102 cm³/mol. The summed E-state index contributed by atoms with van der Waals surface area (Å²) in [5.74, 6) is 0. The van der Waals surface area contributed by atoms with Crippen LogP contribution in [-0.2, 0) is 20.0 Å². The van der Waals surface area contributed by atoms with Gasteiger partial charge in [0.15, 0.2) is 0 Å². The minimum absolute atomic E-state index is 0.152. The average molecular weight is 415 g/mol. The van der Waals surface area contributed by atoms with Crippen molar-refractivity contribution in [3.8, 4) is 0 Å². The molecule has 2 heterocycles. The van der Waals surface area contributed by atoms with Gasteiger partial charge in [-0.1, -0.05) is 23.8 Å². The Labute approximate surface area is 159 Å². The molecular formula is C17H22N2O4S3. The summed E-state index contributed by atoms with van der Waals surface area (Å²) in [5.41, 5.74) is 2.46. The first-order valence-electron chi connectivity index (χ1n) is 8.25. The maximum atomic E-state index is 13.1. The molecule has 0 amide bonds. The monoisotopic (exact) mass is 414 g/mol. The zero-order valence-corrected chi connectivity index (χ0v) is 17.4. The third-order valence-corrected chi connectivity index (χ3v) is 9.97. The summed E-state index contributed by atoms with van der Waals surface area (Å²) in [6.45, 7) is 6.14. The van der Waals surface area contributed by atoms with E-state index in [-0.39, 0.29) is 26.2 Å². The highest BCUT2D eigenvalue weighted by atomic mass is 32.2. The van der Waals surface area contributed by atoms with Crippen molar-refractivity contribution in [1.82, 2.24) is 8.61 Å². The number of hydrogen-bond donors (Lipinski definition) is 0. The molecule has 3 rings (SSSR count). The minimum Gasteiger partial charge on any atom is -0.207 e. The molecule has 0 saturated carbocycles. The Kier molecular flexibility index (Phi) is 5.28. The van der Waals surface area contributed by atoms with Gasteiger partial charge in [0.05, 0.1) is 4.90 Å². The third kappa shape index (κ3) is 3.46. The van der Waals surface area contributed by atoms with Gasteiger partial charge in [0, 0.05) is 26.2 Å². The first-order valence-corrected chi connectivity index (χ1v) is 12.0. The van der Waals surface area contributed by atoms with E-state index < -0.39 is 20.0 Å². The van der Waals surface area contributed by atoms with Crippen LogP contribution in [0.5, 0.6) is 0 Å². The Morgan fingerprint density at radius 3 is 1.81 bits per heavy atom. The number of aryl methyl sites for hydroxylation is 3. The molecule has 2 aromatic rings. The number of benzene rings is 1. The molecule has 0 unspecified atom stereocenters. The standard InChI is InChI=1S/C17H22N2O4S3/c1-13-11-14(2)17(15(3)12-13)26(22,23)19-8-6-18(7-9-19)25(20,21)16-5-4-10-24-16/h4-5,10-12H,6-9H2,1-3H3. The molecule has 0 radical (unpaired) electrons. The second-order valence-electron chi connectivity index (χ2n) is 6.47. The second kappa shape index (κ2) is 7.05. The molecule has 1 saturated heterocycles. The van der Waals surface area contributed by atoms with Crippen LogP contribution < -0.4 is 0 Å². The van der Waals surface area contributed by atoms with Crippen molar-refractivity contribution in [2.75, 3.05) is 26.2 Å². The lowest BCUT2D eigenvalue weighted by Crippen LogP contribution is -2.50. The van der Waals surface area contributed by atoms with Crippen LogP contribution in [0.2, 0.25) is 0 Å². The highest BCUT2D eigenvalue weighted by Crippen LogP contribution is 2.27. The molecule has 0 spiro atoms. The fraction of sp³-hybridized carbons (Fsp3) is 0.412. The van der Waals surface area contributed by atoms with Crippen molar-refractivity contribution >= 4 is 31.4 Å². The van der Waals surface area contributed by atoms with Crippen LogP contribution in [0, 0.1) is 20.8 Å². The molecule has 142 valence electrons. The normalized spacial score (nSPS) is 17.5. The number of rotatable bonds is 4. The van der Waals surface area contributed by atoms with Gasteiger partial charge >= 0.3 is 0 Å². The van der Waals surface area contributed by atoms with Gasteiger partial charge in [-0.15, -0.1) is 11.3 Å². The van der Waals surface area contributed by atoms with Crippen molar-refractivity contribution in [3.05, 3.63) is 46.3 Å². The summed E-state index contributed by atoms with van der Waals surface area (Å²) < 4.78 is 54.4. The molecule has 0 atom stereocenters. The smallest absolute Gasteiger partial charge is 0.207 e. The maximum absolute atomic E-state index is 13.1. The second-order valence-corrected chi connectivity index (χ2v) is 11.5. The van der Waals surface area contributed by atoms with Gasteiger partial charge < -0.3 is 0 Å².